The summed E-state index contributed by atoms with van der Waals surface area (Å²) in [6.45, 7) is 0.499. The summed E-state index contributed by atoms with van der Waals surface area (Å²) in [4.78, 5) is 31.2. The van der Waals surface area contributed by atoms with Crippen molar-refractivity contribution in [3.05, 3.63) is 71.8 Å². The molecular formula is C20H19N5O2. The maximum absolute atomic E-state index is 13.2. The quantitative estimate of drug-likeness (QED) is 0.734. The van der Waals surface area contributed by atoms with Crippen molar-refractivity contribution < 1.29 is 9.59 Å². The molecule has 2 aliphatic rings. The molecule has 3 aromatic rings. The second kappa shape index (κ2) is 5.57. The minimum Gasteiger partial charge on any atom is -0.357 e. The van der Waals surface area contributed by atoms with Gasteiger partial charge in [-0.2, -0.15) is 5.10 Å². The zero-order chi connectivity index (χ0) is 18.6. The van der Waals surface area contributed by atoms with Crippen molar-refractivity contribution >= 4 is 17.5 Å². The molecule has 0 bridgehead atoms. The summed E-state index contributed by atoms with van der Waals surface area (Å²) >= 11 is 0. The van der Waals surface area contributed by atoms with E-state index in [2.05, 4.69) is 15.4 Å². The van der Waals surface area contributed by atoms with E-state index < -0.39 is 11.5 Å². The zero-order valence-electron chi connectivity index (χ0n) is 14.8. The average molecular weight is 361 g/mol. The highest BCUT2D eigenvalue weighted by Gasteiger charge is 2.59. The predicted octanol–water partition coefficient (Wildman–Crippen LogP) is 2.23. The molecule has 27 heavy (non-hydrogen) atoms. The van der Waals surface area contributed by atoms with Crippen molar-refractivity contribution in [3.8, 4) is 0 Å². The van der Waals surface area contributed by atoms with E-state index in [9.17, 15) is 9.59 Å². The van der Waals surface area contributed by atoms with Crippen LogP contribution in [-0.4, -0.2) is 38.0 Å². The number of carbonyl (C=O) groups excluding carboxylic acids is 2. The highest BCUT2D eigenvalue weighted by atomic mass is 16.2. The Morgan fingerprint density at radius 1 is 1.26 bits per heavy atom. The molecule has 2 amide bonds. The largest absolute Gasteiger partial charge is 0.357 e. The van der Waals surface area contributed by atoms with Gasteiger partial charge in [-0.15, -0.1) is 0 Å². The van der Waals surface area contributed by atoms with E-state index in [1.807, 2.05) is 37.5 Å². The van der Waals surface area contributed by atoms with E-state index >= 15 is 0 Å². The van der Waals surface area contributed by atoms with Crippen LogP contribution in [0.4, 0.5) is 5.69 Å². The Bertz CT molecular complexity index is 1040. The van der Waals surface area contributed by atoms with Gasteiger partial charge in [0.15, 0.2) is 0 Å². The standard InChI is InChI=1S/C20H19N5O2/c1-24-12-13(11-22-24)17-20(14-5-2-3-6-15(14)23-19(20)27)8-10-25(17)18(26)16-7-4-9-21-16/h2-7,9,11-12,17,21H,8,10H2,1H3,(H,23,27)/t17-,20+/m0/s1. The van der Waals surface area contributed by atoms with Crippen LogP contribution in [0.25, 0.3) is 0 Å². The number of aromatic amines is 1. The molecule has 2 aromatic heterocycles. The summed E-state index contributed by atoms with van der Waals surface area (Å²) in [5, 5.41) is 7.31. The number of aryl methyl sites for hydroxylation is 1. The predicted molar refractivity (Wildman–Crippen MR) is 99.1 cm³/mol. The van der Waals surface area contributed by atoms with Gasteiger partial charge >= 0.3 is 0 Å². The van der Waals surface area contributed by atoms with E-state index in [-0.39, 0.29) is 11.8 Å². The lowest BCUT2D eigenvalue weighted by atomic mass is 9.73. The fourth-order valence-corrected chi connectivity index (χ4v) is 4.57. The third-order valence-corrected chi connectivity index (χ3v) is 5.72. The van der Waals surface area contributed by atoms with Crippen molar-refractivity contribution in [3.63, 3.8) is 0 Å². The van der Waals surface area contributed by atoms with Crippen LogP contribution in [0.5, 0.6) is 0 Å². The van der Waals surface area contributed by atoms with Crippen LogP contribution in [0.1, 0.15) is 34.1 Å². The maximum Gasteiger partial charge on any atom is 0.270 e. The van der Waals surface area contributed by atoms with E-state index in [1.165, 1.54) is 0 Å². The number of para-hydroxylation sites is 1. The topological polar surface area (TPSA) is 83.0 Å². The Morgan fingerprint density at radius 3 is 2.85 bits per heavy atom. The summed E-state index contributed by atoms with van der Waals surface area (Å²) in [6, 6.07) is 10.9. The molecule has 1 aromatic carbocycles. The summed E-state index contributed by atoms with van der Waals surface area (Å²) in [5.74, 6) is -0.165. The Hall–Kier alpha value is -3.35. The van der Waals surface area contributed by atoms with Crippen molar-refractivity contribution in [2.24, 2.45) is 7.05 Å². The van der Waals surface area contributed by atoms with E-state index in [0.29, 0.717) is 18.7 Å². The number of hydrogen-bond acceptors (Lipinski definition) is 3. The molecule has 7 heteroatoms. The van der Waals surface area contributed by atoms with Gasteiger partial charge in [0.05, 0.1) is 12.2 Å². The van der Waals surface area contributed by atoms with Gasteiger partial charge in [-0.1, -0.05) is 18.2 Å². The molecule has 0 radical (unpaired) electrons. The fourth-order valence-electron chi connectivity index (χ4n) is 4.57. The van der Waals surface area contributed by atoms with Gasteiger partial charge in [-0.05, 0) is 30.2 Å². The molecule has 1 saturated heterocycles. The van der Waals surface area contributed by atoms with Crippen molar-refractivity contribution in [2.45, 2.75) is 17.9 Å². The number of benzene rings is 1. The van der Waals surface area contributed by atoms with Crippen LogP contribution < -0.4 is 5.32 Å². The monoisotopic (exact) mass is 361 g/mol. The molecule has 0 aliphatic carbocycles. The third kappa shape index (κ3) is 2.11. The molecule has 2 atom stereocenters. The summed E-state index contributed by atoms with van der Waals surface area (Å²) in [7, 11) is 1.84. The Morgan fingerprint density at radius 2 is 2.11 bits per heavy atom. The van der Waals surface area contributed by atoms with Crippen molar-refractivity contribution in [1.82, 2.24) is 19.7 Å². The molecule has 7 nitrogen and oxygen atoms in total. The molecular weight excluding hydrogens is 342 g/mol. The first-order valence-electron chi connectivity index (χ1n) is 8.95. The van der Waals surface area contributed by atoms with Crippen LogP contribution in [0.15, 0.2) is 55.0 Å². The molecule has 0 unspecified atom stereocenters. The highest BCUT2D eigenvalue weighted by Crippen LogP contribution is 2.54. The number of carbonyl (C=O) groups is 2. The van der Waals surface area contributed by atoms with Crippen molar-refractivity contribution in [2.75, 3.05) is 11.9 Å². The number of fused-ring (bicyclic) bond motifs is 2. The smallest absolute Gasteiger partial charge is 0.270 e. The second-order valence-electron chi connectivity index (χ2n) is 7.15. The molecule has 2 N–H and O–H groups in total. The van der Waals surface area contributed by atoms with Crippen molar-refractivity contribution in [1.29, 1.82) is 0 Å². The number of nitrogens with zero attached hydrogens (tertiary/aromatic N) is 3. The lowest BCUT2D eigenvalue weighted by Crippen LogP contribution is -2.42. The lowest BCUT2D eigenvalue weighted by molar-refractivity contribution is -0.121. The number of aromatic nitrogens is 3. The van der Waals surface area contributed by atoms with Gasteiger partial charge in [0.1, 0.15) is 11.1 Å². The molecule has 2 aliphatic heterocycles. The Labute approximate surface area is 156 Å². The van der Waals surface area contributed by atoms with E-state index in [4.69, 9.17) is 0 Å². The molecule has 0 saturated carbocycles. The molecule has 1 spiro atoms. The summed E-state index contributed by atoms with van der Waals surface area (Å²) in [5.41, 5.74) is 2.35. The first-order chi connectivity index (χ1) is 13.1. The van der Waals surface area contributed by atoms with Gasteiger partial charge in [-0.3, -0.25) is 14.3 Å². The lowest BCUT2D eigenvalue weighted by Gasteiger charge is -2.33. The zero-order valence-corrected chi connectivity index (χ0v) is 14.8. The fraction of sp³-hybridized carbons (Fsp3) is 0.250. The van der Waals surface area contributed by atoms with Gasteiger partial charge in [-0.25, -0.2) is 0 Å². The first kappa shape index (κ1) is 15.9. The number of hydrogen-bond donors (Lipinski definition) is 2. The minimum atomic E-state index is -0.804. The number of rotatable bonds is 2. The molecule has 5 rings (SSSR count). The van der Waals surface area contributed by atoms with Crippen LogP contribution in [0, 0.1) is 0 Å². The van der Waals surface area contributed by atoms with Gasteiger partial charge in [0.25, 0.3) is 5.91 Å². The number of H-pyrrole nitrogens is 1. The first-order valence-corrected chi connectivity index (χ1v) is 8.95. The van der Waals surface area contributed by atoms with Crippen LogP contribution in [0.2, 0.25) is 0 Å². The SMILES string of the molecule is Cn1cc([C@@H]2N(C(=O)c3ccc[nH]3)CC[C@]23C(=O)Nc2ccccc23)cn1. The Kier molecular flexibility index (Phi) is 3.28. The van der Waals surface area contributed by atoms with Crippen LogP contribution in [-0.2, 0) is 17.3 Å². The molecule has 136 valence electrons. The van der Waals surface area contributed by atoms with E-state index in [0.717, 1.165) is 16.8 Å². The third-order valence-electron chi connectivity index (χ3n) is 5.72. The molecule has 4 heterocycles. The number of amides is 2. The maximum atomic E-state index is 13.2. The Balaban J connectivity index is 1.68. The second-order valence-corrected chi connectivity index (χ2v) is 7.15. The highest BCUT2D eigenvalue weighted by molar-refractivity contribution is 6.08. The molecule has 1 fully saturated rings. The number of nitrogens with one attached hydrogen (secondary N) is 2. The van der Waals surface area contributed by atoms with Crippen LogP contribution >= 0.6 is 0 Å². The summed E-state index contributed by atoms with van der Waals surface area (Å²) in [6.07, 6.45) is 5.94. The summed E-state index contributed by atoms with van der Waals surface area (Å²) < 4.78 is 1.71. The van der Waals surface area contributed by atoms with Gasteiger partial charge in [0, 0.05) is 37.2 Å². The van der Waals surface area contributed by atoms with Gasteiger partial charge in [0.2, 0.25) is 5.91 Å². The van der Waals surface area contributed by atoms with Crippen LogP contribution in [0.3, 0.4) is 0 Å². The average Bonchev–Trinajstić information content (AvgIpc) is 3.44. The minimum absolute atomic E-state index is 0.0562. The number of anilines is 1. The van der Waals surface area contributed by atoms with E-state index in [1.54, 1.807) is 34.1 Å². The normalized spacial score (nSPS) is 23.7. The number of likely N-dealkylation sites (tertiary alicyclic amines) is 1. The van der Waals surface area contributed by atoms with Gasteiger partial charge < -0.3 is 15.2 Å².